The quantitative estimate of drug-likeness (QED) is 0.622. The van der Waals surface area contributed by atoms with Crippen LogP contribution in [0.5, 0.6) is 0 Å². The summed E-state index contributed by atoms with van der Waals surface area (Å²) in [6.07, 6.45) is 5.81. The molecule has 0 spiro atoms. The van der Waals surface area contributed by atoms with Gasteiger partial charge in [-0.1, -0.05) is 30.3 Å². The van der Waals surface area contributed by atoms with Crippen molar-refractivity contribution in [3.63, 3.8) is 0 Å². The first-order chi connectivity index (χ1) is 10.6. The van der Waals surface area contributed by atoms with Crippen LogP contribution in [0.25, 0.3) is 0 Å². The van der Waals surface area contributed by atoms with Crippen LogP contribution in [-0.2, 0) is 16.0 Å². The van der Waals surface area contributed by atoms with Gasteiger partial charge in [-0.3, -0.25) is 4.79 Å². The normalized spacial score (nSPS) is 16.5. The van der Waals surface area contributed by atoms with Crippen molar-refractivity contribution >= 4 is 5.97 Å². The lowest BCUT2D eigenvalue weighted by atomic mass is 9.83. The van der Waals surface area contributed by atoms with E-state index in [9.17, 15) is 4.79 Å². The highest BCUT2D eigenvalue weighted by Crippen LogP contribution is 2.28. The Morgan fingerprint density at radius 3 is 2.55 bits per heavy atom. The van der Waals surface area contributed by atoms with Gasteiger partial charge in [-0.2, -0.15) is 0 Å². The van der Waals surface area contributed by atoms with E-state index in [1.165, 1.54) is 5.56 Å². The van der Waals surface area contributed by atoms with E-state index >= 15 is 0 Å². The second kappa shape index (κ2) is 8.33. The lowest BCUT2D eigenvalue weighted by molar-refractivity contribution is -0.665. The molecule has 3 heteroatoms. The Morgan fingerprint density at radius 2 is 1.86 bits per heavy atom. The second-order valence-corrected chi connectivity index (χ2v) is 6.91. The highest BCUT2D eigenvalue weighted by Gasteiger charge is 2.35. The zero-order valence-corrected chi connectivity index (χ0v) is 14.0. The van der Waals surface area contributed by atoms with E-state index < -0.39 is 0 Å². The molecular weight excluding hydrogens is 274 g/mol. The van der Waals surface area contributed by atoms with E-state index in [2.05, 4.69) is 43.4 Å². The molecule has 1 aromatic carbocycles. The van der Waals surface area contributed by atoms with Gasteiger partial charge in [-0.15, -0.1) is 0 Å². The number of aryl methyl sites for hydroxylation is 1. The van der Waals surface area contributed by atoms with Gasteiger partial charge >= 0.3 is 5.97 Å². The first-order valence-electron chi connectivity index (χ1n) is 8.65. The Labute approximate surface area is 134 Å². The van der Waals surface area contributed by atoms with Crippen molar-refractivity contribution < 1.29 is 14.8 Å². The molecule has 1 aliphatic rings. The third-order valence-electron chi connectivity index (χ3n) is 4.74. The monoisotopic (exact) mass is 304 g/mol. The van der Waals surface area contributed by atoms with Crippen molar-refractivity contribution in [2.75, 3.05) is 13.1 Å². The number of unbranched alkanes of at least 4 members (excludes halogenated alkanes) is 1. The summed E-state index contributed by atoms with van der Waals surface area (Å²) < 4.78 is 5.78. The third kappa shape index (κ3) is 5.45. The average molecular weight is 304 g/mol. The van der Waals surface area contributed by atoms with Crippen LogP contribution in [0.4, 0.5) is 0 Å². The summed E-state index contributed by atoms with van der Waals surface area (Å²) in [5.41, 5.74) is 1.03. The number of carbonyl (C=O) groups excluding carboxylic acids is 1. The van der Waals surface area contributed by atoms with Gasteiger partial charge in [0.25, 0.3) is 0 Å². The summed E-state index contributed by atoms with van der Waals surface area (Å²) >= 11 is 0. The first kappa shape index (κ1) is 17.0. The zero-order valence-electron chi connectivity index (χ0n) is 14.0. The van der Waals surface area contributed by atoms with Gasteiger partial charge in [0.2, 0.25) is 0 Å². The molecule has 1 aliphatic heterocycles. The minimum absolute atomic E-state index is 0.0346. The highest BCUT2D eigenvalue weighted by atomic mass is 16.6. The Kier molecular flexibility index (Phi) is 6.44. The number of rotatable bonds is 7. The van der Waals surface area contributed by atoms with Gasteiger partial charge in [-0.25, -0.2) is 0 Å². The molecule has 0 saturated carbocycles. The summed E-state index contributed by atoms with van der Waals surface area (Å²) in [5.74, 6) is 0.471. The maximum absolute atomic E-state index is 12.1. The number of hydrogen-bond donors (Lipinski definition) is 1. The van der Waals surface area contributed by atoms with Crippen molar-refractivity contribution in [3.8, 4) is 0 Å². The van der Waals surface area contributed by atoms with Gasteiger partial charge in [0.1, 0.15) is 5.60 Å². The molecule has 0 radical (unpaired) electrons. The van der Waals surface area contributed by atoms with Crippen molar-refractivity contribution in [3.05, 3.63) is 35.9 Å². The molecule has 0 aromatic heterocycles. The summed E-state index contributed by atoms with van der Waals surface area (Å²) in [6, 6.07) is 10.4. The molecule has 1 saturated heterocycles. The van der Waals surface area contributed by atoms with E-state index in [0.717, 1.165) is 45.2 Å². The predicted octanol–water partition coefficient (Wildman–Crippen LogP) is 2.69. The third-order valence-corrected chi connectivity index (χ3v) is 4.74. The molecule has 0 aliphatic carbocycles. The predicted molar refractivity (Wildman–Crippen MR) is 88.6 cm³/mol. The molecule has 2 N–H and O–H groups in total. The van der Waals surface area contributed by atoms with Crippen LogP contribution >= 0.6 is 0 Å². The summed E-state index contributed by atoms with van der Waals surface area (Å²) in [7, 11) is 0. The smallest absolute Gasteiger partial charge is 0.306 e. The number of esters is 1. The molecule has 1 aromatic rings. The Morgan fingerprint density at radius 1 is 1.18 bits per heavy atom. The van der Waals surface area contributed by atoms with Crippen LogP contribution in [0.2, 0.25) is 0 Å². The van der Waals surface area contributed by atoms with Crippen LogP contribution in [0.1, 0.15) is 51.5 Å². The molecule has 2 rings (SSSR count). The Hall–Kier alpha value is -1.35. The molecule has 0 amide bonds. The molecule has 1 heterocycles. The van der Waals surface area contributed by atoms with Crippen LogP contribution in [0.3, 0.4) is 0 Å². The molecular formula is C19H30NO2+. The number of hydrogen-bond acceptors (Lipinski definition) is 2. The number of benzene rings is 1. The van der Waals surface area contributed by atoms with Crippen molar-refractivity contribution in [2.45, 2.75) is 58.0 Å². The Balaban J connectivity index is 1.66. The molecule has 122 valence electrons. The van der Waals surface area contributed by atoms with Crippen LogP contribution in [0.15, 0.2) is 30.3 Å². The number of nitrogens with two attached hydrogens (primary N) is 1. The van der Waals surface area contributed by atoms with E-state index in [-0.39, 0.29) is 11.6 Å². The highest BCUT2D eigenvalue weighted by molar-refractivity contribution is 5.69. The lowest BCUT2D eigenvalue weighted by Gasteiger charge is -2.35. The van der Waals surface area contributed by atoms with Crippen molar-refractivity contribution in [2.24, 2.45) is 5.92 Å². The van der Waals surface area contributed by atoms with Crippen LogP contribution in [-0.4, -0.2) is 24.7 Å². The largest absolute Gasteiger partial charge is 0.459 e. The summed E-state index contributed by atoms with van der Waals surface area (Å²) in [5, 5.41) is 2.35. The summed E-state index contributed by atoms with van der Waals surface area (Å²) in [4.78, 5) is 12.1. The van der Waals surface area contributed by atoms with Gasteiger partial charge in [-0.05, 0) is 38.7 Å². The average Bonchev–Trinajstić information content (AvgIpc) is 2.53. The second-order valence-electron chi connectivity index (χ2n) is 6.91. The number of carbonyl (C=O) groups is 1. The minimum Gasteiger partial charge on any atom is -0.459 e. The standard InChI is InChI=1S/C19H29NO2/c1-19(2,17-12-14-20-15-13-17)22-18(21)11-7-6-10-16-8-4-3-5-9-16/h3-5,8-9,17,20H,6-7,10-15H2,1-2H3/p+1. The van der Waals surface area contributed by atoms with Crippen LogP contribution < -0.4 is 5.32 Å². The van der Waals surface area contributed by atoms with Gasteiger partial charge < -0.3 is 10.1 Å². The maximum Gasteiger partial charge on any atom is 0.306 e. The fourth-order valence-corrected chi connectivity index (χ4v) is 3.29. The summed E-state index contributed by atoms with van der Waals surface area (Å²) in [6.45, 7) is 6.46. The fraction of sp³-hybridized carbons (Fsp3) is 0.632. The molecule has 22 heavy (non-hydrogen) atoms. The molecule has 1 fully saturated rings. The van der Waals surface area contributed by atoms with Crippen LogP contribution in [0, 0.1) is 5.92 Å². The van der Waals surface area contributed by atoms with Gasteiger partial charge in [0.15, 0.2) is 0 Å². The van der Waals surface area contributed by atoms with E-state index in [0.29, 0.717) is 12.3 Å². The van der Waals surface area contributed by atoms with E-state index in [4.69, 9.17) is 4.74 Å². The number of quaternary nitrogens is 1. The number of ether oxygens (including phenoxy) is 1. The fourth-order valence-electron chi connectivity index (χ4n) is 3.29. The molecule has 0 bridgehead atoms. The molecule has 0 atom stereocenters. The topological polar surface area (TPSA) is 42.9 Å². The Bertz CT molecular complexity index is 450. The molecule has 0 unspecified atom stereocenters. The number of piperidine rings is 1. The SMILES string of the molecule is CC(C)(OC(=O)CCCCc1ccccc1)C1CC[NH2+]CC1. The van der Waals surface area contributed by atoms with Gasteiger partial charge in [0.05, 0.1) is 13.1 Å². The lowest BCUT2D eigenvalue weighted by Crippen LogP contribution is -2.86. The molecule has 3 nitrogen and oxygen atoms in total. The van der Waals surface area contributed by atoms with E-state index in [1.54, 1.807) is 0 Å². The van der Waals surface area contributed by atoms with Crippen molar-refractivity contribution in [1.82, 2.24) is 0 Å². The zero-order chi connectivity index (χ0) is 15.8. The van der Waals surface area contributed by atoms with Gasteiger partial charge in [0, 0.05) is 25.2 Å². The maximum atomic E-state index is 12.1. The first-order valence-corrected chi connectivity index (χ1v) is 8.65. The van der Waals surface area contributed by atoms with E-state index in [1.807, 2.05) is 6.07 Å². The van der Waals surface area contributed by atoms with Crippen molar-refractivity contribution in [1.29, 1.82) is 0 Å². The minimum atomic E-state index is -0.315.